The molecule has 1 rings (SSSR count). The van der Waals surface area contributed by atoms with Crippen molar-refractivity contribution in [3.05, 3.63) is 29.6 Å². The first kappa shape index (κ1) is 11.3. The molecule has 0 aliphatic heterocycles. The van der Waals surface area contributed by atoms with Gasteiger partial charge in [-0.3, -0.25) is 9.78 Å². The number of aromatic nitrogens is 1. The van der Waals surface area contributed by atoms with E-state index in [1.54, 1.807) is 25.3 Å². The summed E-state index contributed by atoms with van der Waals surface area (Å²) in [5.74, 6) is 2.39. The lowest BCUT2D eigenvalue weighted by Gasteiger charge is -2.11. The maximum absolute atomic E-state index is 11.7. The Bertz CT molecular complexity index is 393. The van der Waals surface area contributed by atoms with Gasteiger partial charge in [-0.05, 0) is 26.0 Å². The Morgan fingerprint density at radius 2 is 2.47 bits per heavy atom. The van der Waals surface area contributed by atoms with Gasteiger partial charge in [0.2, 0.25) is 0 Å². The Morgan fingerprint density at radius 1 is 1.73 bits per heavy atom. The second kappa shape index (κ2) is 5.16. The molecule has 0 fully saturated rings. The molecule has 1 amide bonds. The van der Waals surface area contributed by atoms with E-state index in [4.69, 9.17) is 6.42 Å². The number of nitrogens with one attached hydrogen (secondary N) is 1. The molecule has 1 aromatic heterocycles. The maximum atomic E-state index is 11.7. The van der Waals surface area contributed by atoms with E-state index >= 15 is 0 Å². The summed E-state index contributed by atoms with van der Waals surface area (Å²) < 4.78 is 0. The molecule has 0 aliphatic rings. The van der Waals surface area contributed by atoms with E-state index in [0.717, 1.165) is 5.69 Å². The number of carbonyl (C=O) groups is 1. The number of hydrogen-bond donors (Lipinski definition) is 1. The predicted octanol–water partition coefficient (Wildman–Crippen LogP) is 1.53. The van der Waals surface area contributed by atoms with Crippen LogP contribution in [0.1, 0.15) is 29.4 Å². The molecule has 0 saturated carbocycles. The molecule has 3 nitrogen and oxygen atoms in total. The highest BCUT2D eigenvalue weighted by molar-refractivity contribution is 5.95. The zero-order valence-corrected chi connectivity index (χ0v) is 8.95. The molecule has 0 aromatic carbocycles. The van der Waals surface area contributed by atoms with Gasteiger partial charge in [0.15, 0.2) is 0 Å². The molecule has 1 atom stereocenters. The largest absolute Gasteiger partial charge is 0.349 e. The Morgan fingerprint density at radius 3 is 3.07 bits per heavy atom. The number of nitrogens with zero attached hydrogens (tertiary/aromatic N) is 1. The lowest BCUT2D eigenvalue weighted by Crippen LogP contribution is -2.32. The van der Waals surface area contributed by atoms with Gasteiger partial charge < -0.3 is 5.32 Å². The lowest BCUT2D eigenvalue weighted by molar-refractivity contribution is 0.0940. The van der Waals surface area contributed by atoms with Crippen molar-refractivity contribution in [3.63, 3.8) is 0 Å². The highest BCUT2D eigenvalue weighted by Gasteiger charge is 2.11. The number of aryl methyl sites for hydroxylation is 1. The number of pyridine rings is 1. The Hall–Kier alpha value is -1.82. The fourth-order valence-corrected chi connectivity index (χ4v) is 1.25. The number of carbonyl (C=O) groups excluding carboxylic acids is 1. The minimum atomic E-state index is -0.122. The first-order valence-corrected chi connectivity index (χ1v) is 4.81. The molecule has 15 heavy (non-hydrogen) atoms. The second-order valence-electron chi connectivity index (χ2n) is 3.42. The minimum Gasteiger partial charge on any atom is -0.349 e. The van der Waals surface area contributed by atoms with Crippen molar-refractivity contribution in [2.75, 3.05) is 0 Å². The smallest absolute Gasteiger partial charge is 0.253 e. The molecule has 0 aliphatic carbocycles. The highest BCUT2D eigenvalue weighted by Crippen LogP contribution is 2.04. The van der Waals surface area contributed by atoms with E-state index in [-0.39, 0.29) is 11.9 Å². The van der Waals surface area contributed by atoms with Gasteiger partial charge in [0.25, 0.3) is 5.91 Å². The molecule has 0 bridgehead atoms. The van der Waals surface area contributed by atoms with E-state index in [1.807, 2.05) is 6.92 Å². The predicted molar refractivity (Wildman–Crippen MR) is 59.4 cm³/mol. The maximum Gasteiger partial charge on any atom is 0.253 e. The average molecular weight is 202 g/mol. The van der Waals surface area contributed by atoms with E-state index < -0.39 is 0 Å². The van der Waals surface area contributed by atoms with E-state index in [1.165, 1.54) is 0 Å². The molecule has 0 saturated heterocycles. The summed E-state index contributed by atoms with van der Waals surface area (Å²) in [5.41, 5.74) is 1.32. The lowest BCUT2D eigenvalue weighted by atomic mass is 10.1. The number of amides is 1. The summed E-state index contributed by atoms with van der Waals surface area (Å²) in [6.45, 7) is 3.68. The van der Waals surface area contributed by atoms with Crippen LogP contribution in [0.4, 0.5) is 0 Å². The molecule has 0 spiro atoms. The summed E-state index contributed by atoms with van der Waals surface area (Å²) >= 11 is 0. The van der Waals surface area contributed by atoms with Crippen LogP contribution in [0.3, 0.4) is 0 Å². The normalized spacial score (nSPS) is 11.5. The molecule has 78 valence electrons. The third kappa shape index (κ3) is 3.10. The van der Waals surface area contributed by atoms with E-state index in [0.29, 0.717) is 12.0 Å². The van der Waals surface area contributed by atoms with Gasteiger partial charge in [0, 0.05) is 24.4 Å². The SMILES string of the molecule is C#CCC(C)NC(=O)c1cccnc1C. The second-order valence-corrected chi connectivity index (χ2v) is 3.42. The molecule has 3 heteroatoms. The molecule has 1 N–H and O–H groups in total. The van der Waals surface area contributed by atoms with Crippen LogP contribution in [0, 0.1) is 19.3 Å². The van der Waals surface area contributed by atoms with Crippen LogP contribution in [0.25, 0.3) is 0 Å². The van der Waals surface area contributed by atoms with Crippen molar-refractivity contribution in [2.24, 2.45) is 0 Å². The quantitative estimate of drug-likeness (QED) is 0.755. The summed E-state index contributed by atoms with van der Waals surface area (Å²) in [6.07, 6.45) is 7.36. The van der Waals surface area contributed by atoms with Crippen molar-refractivity contribution in [2.45, 2.75) is 26.3 Å². The molecule has 1 aromatic rings. The van der Waals surface area contributed by atoms with Crippen LogP contribution in [0.5, 0.6) is 0 Å². The van der Waals surface area contributed by atoms with Gasteiger partial charge in [-0.15, -0.1) is 12.3 Å². The third-order valence-corrected chi connectivity index (χ3v) is 2.05. The van der Waals surface area contributed by atoms with E-state index in [9.17, 15) is 4.79 Å². The number of rotatable bonds is 3. The molecule has 1 unspecified atom stereocenters. The topological polar surface area (TPSA) is 42.0 Å². The fraction of sp³-hybridized carbons (Fsp3) is 0.333. The van der Waals surface area contributed by atoms with Crippen LogP contribution < -0.4 is 5.32 Å². The van der Waals surface area contributed by atoms with Gasteiger partial charge in [-0.2, -0.15) is 0 Å². The van der Waals surface area contributed by atoms with Crippen LogP contribution in [-0.4, -0.2) is 16.9 Å². The van der Waals surface area contributed by atoms with Gasteiger partial charge in [0.05, 0.1) is 5.56 Å². The van der Waals surface area contributed by atoms with Gasteiger partial charge in [-0.25, -0.2) is 0 Å². The first-order valence-electron chi connectivity index (χ1n) is 4.81. The van der Waals surface area contributed by atoms with Gasteiger partial charge in [-0.1, -0.05) is 0 Å². The molecule has 1 heterocycles. The van der Waals surface area contributed by atoms with E-state index in [2.05, 4.69) is 16.2 Å². The van der Waals surface area contributed by atoms with Crippen LogP contribution in [0.2, 0.25) is 0 Å². The first-order chi connectivity index (χ1) is 7.15. The minimum absolute atomic E-state index is 0.0119. The van der Waals surface area contributed by atoms with Crippen LogP contribution >= 0.6 is 0 Å². The molecular weight excluding hydrogens is 188 g/mol. The average Bonchev–Trinajstić information content (AvgIpc) is 2.18. The zero-order chi connectivity index (χ0) is 11.3. The van der Waals surface area contributed by atoms with Gasteiger partial charge in [0.1, 0.15) is 0 Å². The van der Waals surface area contributed by atoms with Crippen molar-refractivity contribution in [3.8, 4) is 12.3 Å². The van der Waals surface area contributed by atoms with Crippen molar-refractivity contribution in [1.82, 2.24) is 10.3 Å². The fourth-order valence-electron chi connectivity index (χ4n) is 1.25. The molecule has 0 radical (unpaired) electrons. The Kier molecular flexibility index (Phi) is 3.87. The summed E-state index contributed by atoms with van der Waals surface area (Å²) in [4.78, 5) is 15.8. The molecular formula is C12H14N2O. The zero-order valence-electron chi connectivity index (χ0n) is 8.95. The van der Waals surface area contributed by atoms with Crippen LogP contribution in [-0.2, 0) is 0 Å². The number of terminal acetylenes is 1. The Labute approximate surface area is 89.9 Å². The van der Waals surface area contributed by atoms with Crippen molar-refractivity contribution < 1.29 is 4.79 Å². The summed E-state index contributed by atoms with van der Waals surface area (Å²) in [6, 6.07) is 3.48. The monoisotopic (exact) mass is 202 g/mol. The van der Waals surface area contributed by atoms with Gasteiger partial charge >= 0.3 is 0 Å². The van der Waals surface area contributed by atoms with Crippen molar-refractivity contribution in [1.29, 1.82) is 0 Å². The standard InChI is InChI=1S/C12H14N2O/c1-4-6-9(2)14-12(15)11-7-5-8-13-10(11)3/h1,5,7-9H,6H2,2-3H3,(H,14,15). The van der Waals surface area contributed by atoms with Crippen LogP contribution in [0.15, 0.2) is 18.3 Å². The summed E-state index contributed by atoms with van der Waals surface area (Å²) in [7, 11) is 0. The number of hydrogen-bond acceptors (Lipinski definition) is 2. The third-order valence-electron chi connectivity index (χ3n) is 2.05. The highest BCUT2D eigenvalue weighted by atomic mass is 16.1. The summed E-state index contributed by atoms with van der Waals surface area (Å²) in [5, 5.41) is 2.82. The van der Waals surface area contributed by atoms with Crippen molar-refractivity contribution >= 4 is 5.91 Å². The Balaban J connectivity index is 2.70.